The number of rotatable bonds is 3. The third-order valence-electron chi connectivity index (χ3n) is 2.54. The van der Waals surface area contributed by atoms with Crippen LogP contribution in [-0.2, 0) is 13.6 Å². The van der Waals surface area contributed by atoms with Crippen molar-refractivity contribution in [3.05, 3.63) is 33.3 Å². The van der Waals surface area contributed by atoms with Gasteiger partial charge >= 0.3 is 7.60 Å². The lowest BCUT2D eigenvalue weighted by atomic mass is 10.2. The maximum Gasteiger partial charge on any atom is 0.379 e. The lowest BCUT2D eigenvalue weighted by Crippen LogP contribution is -2.13. The molecule has 0 aliphatic rings. The molecule has 0 spiro atoms. The molecule has 1 heterocycles. The number of nitrogens with zero attached hydrogens (tertiary/aromatic N) is 1. The molecule has 7 heteroatoms. The molecule has 2 aromatic rings. The summed E-state index contributed by atoms with van der Waals surface area (Å²) in [6.07, 6.45) is 1.58. The van der Waals surface area contributed by atoms with Crippen LogP contribution in [0.1, 0.15) is 0 Å². The summed E-state index contributed by atoms with van der Waals surface area (Å²) in [6.45, 7) is 0. The SMILES string of the molecule is COP(=O)(OC)c1nccc2c(Br)ccc(Br)c12. The molecular weight excluding hydrogens is 385 g/mol. The van der Waals surface area contributed by atoms with E-state index in [4.69, 9.17) is 9.05 Å². The number of fused-ring (bicyclic) bond motifs is 1. The fourth-order valence-corrected chi connectivity index (χ4v) is 4.03. The average molecular weight is 395 g/mol. The van der Waals surface area contributed by atoms with E-state index >= 15 is 0 Å². The summed E-state index contributed by atoms with van der Waals surface area (Å²) in [5.41, 5.74) is 0.304. The molecule has 96 valence electrons. The van der Waals surface area contributed by atoms with Crippen molar-refractivity contribution < 1.29 is 13.6 Å². The van der Waals surface area contributed by atoms with E-state index in [1.54, 1.807) is 6.20 Å². The van der Waals surface area contributed by atoms with E-state index in [1.165, 1.54) is 14.2 Å². The third-order valence-corrected chi connectivity index (χ3v) is 5.71. The Labute approximate surface area is 121 Å². The molecule has 1 aromatic carbocycles. The van der Waals surface area contributed by atoms with E-state index in [0.29, 0.717) is 5.44 Å². The van der Waals surface area contributed by atoms with Crippen LogP contribution in [0.3, 0.4) is 0 Å². The van der Waals surface area contributed by atoms with Gasteiger partial charge in [-0.25, -0.2) is 4.98 Å². The third kappa shape index (κ3) is 2.28. The average Bonchev–Trinajstić information content (AvgIpc) is 2.41. The summed E-state index contributed by atoms with van der Waals surface area (Å²) in [6, 6.07) is 5.59. The highest BCUT2D eigenvalue weighted by Crippen LogP contribution is 2.47. The maximum absolute atomic E-state index is 12.5. The van der Waals surface area contributed by atoms with Gasteiger partial charge in [0.05, 0.1) is 0 Å². The smallest absolute Gasteiger partial charge is 0.307 e. The second-order valence-corrected chi connectivity index (χ2v) is 7.31. The first-order valence-corrected chi connectivity index (χ1v) is 8.11. The lowest BCUT2D eigenvalue weighted by molar-refractivity contribution is 0.287. The van der Waals surface area contributed by atoms with E-state index in [1.807, 2.05) is 18.2 Å². The van der Waals surface area contributed by atoms with Gasteiger partial charge in [0, 0.05) is 40.1 Å². The molecule has 0 N–H and O–H groups in total. The number of pyridine rings is 1. The zero-order chi connectivity index (χ0) is 13.3. The molecule has 0 amide bonds. The Kier molecular flexibility index (Phi) is 4.24. The molecule has 18 heavy (non-hydrogen) atoms. The number of aromatic nitrogens is 1. The summed E-state index contributed by atoms with van der Waals surface area (Å²) in [5.74, 6) is 0. The van der Waals surface area contributed by atoms with Crippen molar-refractivity contribution in [2.45, 2.75) is 0 Å². The summed E-state index contributed by atoms with van der Waals surface area (Å²) in [4.78, 5) is 4.16. The van der Waals surface area contributed by atoms with Crippen LogP contribution in [0.4, 0.5) is 0 Å². The Morgan fingerprint density at radius 1 is 1.11 bits per heavy atom. The predicted octanol–water partition coefficient (Wildman–Crippen LogP) is 3.87. The van der Waals surface area contributed by atoms with Gasteiger partial charge in [0.15, 0.2) is 5.44 Å². The molecular formula is C11H10Br2NO3P. The first-order valence-electron chi connectivity index (χ1n) is 4.98. The molecule has 0 saturated carbocycles. The fraction of sp³-hybridized carbons (Fsp3) is 0.182. The first kappa shape index (κ1) is 14.2. The van der Waals surface area contributed by atoms with Gasteiger partial charge in [-0.05, 0) is 18.2 Å². The minimum absolute atomic E-state index is 0.304. The minimum atomic E-state index is -3.39. The Bertz CT molecular complexity index is 639. The Morgan fingerprint density at radius 3 is 2.33 bits per heavy atom. The Balaban J connectivity index is 2.89. The van der Waals surface area contributed by atoms with E-state index in [-0.39, 0.29) is 0 Å². The quantitative estimate of drug-likeness (QED) is 0.741. The zero-order valence-corrected chi connectivity index (χ0v) is 13.8. The van der Waals surface area contributed by atoms with Crippen molar-refractivity contribution in [3.63, 3.8) is 0 Å². The summed E-state index contributed by atoms with van der Waals surface area (Å²) < 4.78 is 24.2. The highest BCUT2D eigenvalue weighted by molar-refractivity contribution is 9.11. The van der Waals surface area contributed by atoms with Crippen LogP contribution in [-0.4, -0.2) is 19.2 Å². The molecule has 0 aliphatic heterocycles. The monoisotopic (exact) mass is 393 g/mol. The van der Waals surface area contributed by atoms with Gasteiger partial charge in [0.2, 0.25) is 0 Å². The highest BCUT2D eigenvalue weighted by Gasteiger charge is 2.29. The second kappa shape index (κ2) is 5.39. The number of benzene rings is 1. The predicted molar refractivity (Wildman–Crippen MR) is 78.4 cm³/mol. The molecule has 1 aromatic heterocycles. The van der Waals surface area contributed by atoms with Crippen LogP contribution in [0.25, 0.3) is 10.8 Å². The van der Waals surface area contributed by atoms with Crippen molar-refractivity contribution in [2.75, 3.05) is 14.2 Å². The van der Waals surface area contributed by atoms with E-state index in [9.17, 15) is 4.57 Å². The Morgan fingerprint density at radius 2 is 1.72 bits per heavy atom. The van der Waals surface area contributed by atoms with Crippen LogP contribution in [0.5, 0.6) is 0 Å². The van der Waals surface area contributed by atoms with Gasteiger partial charge in [-0.2, -0.15) is 0 Å². The van der Waals surface area contributed by atoms with E-state index in [0.717, 1.165) is 19.7 Å². The summed E-state index contributed by atoms with van der Waals surface area (Å²) in [5, 5.41) is 1.61. The van der Waals surface area contributed by atoms with Gasteiger partial charge < -0.3 is 9.05 Å². The van der Waals surface area contributed by atoms with Gasteiger partial charge in [0.1, 0.15) is 0 Å². The van der Waals surface area contributed by atoms with Crippen LogP contribution in [0.2, 0.25) is 0 Å². The molecule has 0 bridgehead atoms. The van der Waals surface area contributed by atoms with Crippen LogP contribution in [0.15, 0.2) is 33.3 Å². The van der Waals surface area contributed by atoms with Gasteiger partial charge in [-0.15, -0.1) is 0 Å². The number of halogens is 2. The largest absolute Gasteiger partial charge is 0.379 e. The van der Waals surface area contributed by atoms with Crippen LogP contribution < -0.4 is 5.44 Å². The van der Waals surface area contributed by atoms with Crippen molar-refractivity contribution in [2.24, 2.45) is 0 Å². The first-order chi connectivity index (χ1) is 8.53. The fourth-order valence-electron chi connectivity index (χ4n) is 1.66. The van der Waals surface area contributed by atoms with Crippen molar-refractivity contribution >= 4 is 55.7 Å². The molecule has 4 nitrogen and oxygen atoms in total. The molecule has 0 fully saturated rings. The number of hydrogen-bond acceptors (Lipinski definition) is 4. The Hall–Kier alpha value is -0.260. The highest BCUT2D eigenvalue weighted by atomic mass is 79.9. The van der Waals surface area contributed by atoms with Gasteiger partial charge in [0.25, 0.3) is 0 Å². The van der Waals surface area contributed by atoms with Crippen molar-refractivity contribution in [1.82, 2.24) is 4.98 Å². The molecule has 0 aliphatic carbocycles. The molecule has 0 atom stereocenters. The maximum atomic E-state index is 12.5. The van der Waals surface area contributed by atoms with Crippen molar-refractivity contribution in [3.8, 4) is 0 Å². The van der Waals surface area contributed by atoms with Crippen LogP contribution >= 0.6 is 39.5 Å². The minimum Gasteiger partial charge on any atom is -0.307 e. The van der Waals surface area contributed by atoms with Gasteiger partial charge in [-0.3, -0.25) is 4.57 Å². The van der Waals surface area contributed by atoms with Crippen molar-refractivity contribution in [1.29, 1.82) is 0 Å². The second-order valence-electron chi connectivity index (χ2n) is 3.45. The summed E-state index contributed by atoms with van der Waals surface area (Å²) >= 11 is 6.90. The molecule has 2 rings (SSSR count). The van der Waals surface area contributed by atoms with E-state index in [2.05, 4.69) is 36.8 Å². The zero-order valence-electron chi connectivity index (χ0n) is 9.68. The molecule has 0 saturated heterocycles. The normalized spacial score (nSPS) is 12.0. The molecule has 0 radical (unpaired) electrons. The summed E-state index contributed by atoms with van der Waals surface area (Å²) in [7, 11) is -0.700. The standard InChI is InChI=1S/C11H10Br2NO3P/c1-16-18(15,17-2)11-10-7(5-6-14-11)8(12)3-4-9(10)13/h3-6H,1-2H3. The lowest BCUT2D eigenvalue weighted by Gasteiger charge is -2.15. The topological polar surface area (TPSA) is 48.4 Å². The number of hydrogen-bond donors (Lipinski definition) is 0. The molecule has 0 unspecified atom stereocenters. The van der Waals surface area contributed by atoms with E-state index < -0.39 is 7.60 Å². The van der Waals surface area contributed by atoms with Gasteiger partial charge in [-0.1, -0.05) is 31.9 Å². The van der Waals surface area contributed by atoms with Crippen LogP contribution in [0, 0.1) is 0 Å².